The zero-order chi connectivity index (χ0) is 29.6. The van der Waals surface area contributed by atoms with Gasteiger partial charge >= 0.3 is 5.97 Å². The highest BCUT2D eigenvalue weighted by Crippen LogP contribution is 2.33. The van der Waals surface area contributed by atoms with Gasteiger partial charge in [-0.05, 0) is 30.2 Å². The van der Waals surface area contributed by atoms with Crippen LogP contribution in [0.4, 0.5) is 11.4 Å². The molecular weight excluding hydrogens is 608 g/mol. The van der Waals surface area contributed by atoms with Gasteiger partial charge in [-0.3, -0.25) is 19.7 Å². The van der Waals surface area contributed by atoms with Gasteiger partial charge in [0.05, 0.1) is 21.2 Å². The Labute approximate surface area is 254 Å². The van der Waals surface area contributed by atoms with Crippen molar-refractivity contribution in [3.05, 3.63) is 97.0 Å². The summed E-state index contributed by atoms with van der Waals surface area (Å²) in [6.45, 7) is 2.21. The number of esters is 1. The van der Waals surface area contributed by atoms with E-state index in [-0.39, 0.29) is 34.1 Å². The Morgan fingerprint density at radius 3 is 2.22 bits per heavy atom. The molecule has 0 aromatic heterocycles. The smallest absolute Gasteiger partial charge is 0.311 e. The molecule has 7 nitrogen and oxygen atoms in total. The summed E-state index contributed by atoms with van der Waals surface area (Å²) in [4.78, 5) is 36.9. The van der Waals surface area contributed by atoms with Crippen molar-refractivity contribution in [1.29, 1.82) is 0 Å². The number of benzene rings is 3. The zero-order valence-corrected chi connectivity index (χ0v) is 25.6. The molecule has 0 bridgehead atoms. The Hall–Kier alpha value is -3.23. The van der Waals surface area contributed by atoms with Crippen molar-refractivity contribution in [1.82, 2.24) is 0 Å². The number of nitro groups is 1. The van der Waals surface area contributed by atoms with Gasteiger partial charge in [0.1, 0.15) is 5.75 Å². The van der Waals surface area contributed by atoms with Crippen LogP contribution in [0.25, 0.3) is 0 Å². The average molecular weight is 644 g/mol. The Kier molecular flexibility index (Phi) is 13.3. The highest BCUT2D eigenvalue weighted by atomic mass is 79.9. The molecule has 3 rings (SSSR count). The normalized spacial score (nSPS) is 10.8. The third kappa shape index (κ3) is 10.6. The number of hydrogen-bond donors (Lipinski definition) is 1. The van der Waals surface area contributed by atoms with Crippen LogP contribution in [0.1, 0.15) is 92.6 Å². The van der Waals surface area contributed by atoms with E-state index in [1.165, 1.54) is 56.7 Å². The molecule has 0 heterocycles. The monoisotopic (exact) mass is 642 g/mol. The summed E-state index contributed by atoms with van der Waals surface area (Å²) < 4.78 is 6.51. The van der Waals surface area contributed by atoms with Crippen LogP contribution in [0.5, 0.6) is 5.75 Å². The van der Waals surface area contributed by atoms with E-state index in [2.05, 4.69) is 28.2 Å². The molecule has 0 fully saturated rings. The van der Waals surface area contributed by atoms with Crippen LogP contribution in [-0.4, -0.2) is 16.8 Å². The lowest BCUT2D eigenvalue weighted by molar-refractivity contribution is -0.384. The number of ether oxygens (including phenoxy) is 1. The predicted octanol–water partition coefficient (Wildman–Crippen LogP) is 9.68. The minimum absolute atomic E-state index is 0.0240. The van der Waals surface area contributed by atoms with E-state index in [1.54, 1.807) is 6.07 Å². The van der Waals surface area contributed by atoms with Crippen molar-refractivity contribution in [2.24, 2.45) is 0 Å². The molecular formula is C32H36BrClN2O5. The molecule has 3 aromatic carbocycles. The lowest BCUT2D eigenvalue weighted by Gasteiger charge is -2.16. The molecule has 0 spiro atoms. The number of anilines is 1. The molecule has 9 heteroatoms. The molecule has 0 saturated heterocycles. The van der Waals surface area contributed by atoms with Crippen molar-refractivity contribution in [2.75, 3.05) is 5.32 Å². The van der Waals surface area contributed by atoms with Gasteiger partial charge in [-0.2, -0.15) is 0 Å². The minimum Gasteiger partial charge on any atom is -0.425 e. The van der Waals surface area contributed by atoms with Crippen LogP contribution in [0.3, 0.4) is 0 Å². The maximum absolute atomic E-state index is 13.5. The molecule has 0 unspecified atom stereocenters. The van der Waals surface area contributed by atoms with Gasteiger partial charge in [0, 0.05) is 35.0 Å². The third-order valence-electron chi connectivity index (χ3n) is 6.72. The highest BCUT2D eigenvalue weighted by Gasteiger charge is 2.22. The second kappa shape index (κ2) is 16.9. The molecule has 0 aliphatic heterocycles. The minimum atomic E-state index is -0.563. The van der Waals surface area contributed by atoms with E-state index < -0.39 is 16.8 Å². The lowest BCUT2D eigenvalue weighted by Crippen LogP contribution is -2.18. The molecule has 1 N–H and O–H groups in total. The molecule has 0 aliphatic carbocycles. The van der Waals surface area contributed by atoms with E-state index >= 15 is 0 Å². The summed E-state index contributed by atoms with van der Waals surface area (Å²) in [6, 6.07) is 16.9. The third-order valence-corrected chi connectivity index (χ3v) is 7.50. The molecule has 3 aromatic rings. The van der Waals surface area contributed by atoms with Crippen molar-refractivity contribution in [3.63, 3.8) is 0 Å². The highest BCUT2D eigenvalue weighted by molar-refractivity contribution is 9.10. The van der Waals surface area contributed by atoms with E-state index in [0.717, 1.165) is 24.8 Å². The first-order valence-electron chi connectivity index (χ1n) is 14.1. The summed E-state index contributed by atoms with van der Waals surface area (Å²) in [7, 11) is 0. The van der Waals surface area contributed by atoms with Crippen molar-refractivity contribution in [3.8, 4) is 5.75 Å². The number of nitrogens with one attached hydrogen (secondary N) is 1. The lowest BCUT2D eigenvalue weighted by atomic mass is 10.0. The van der Waals surface area contributed by atoms with E-state index in [1.807, 2.05) is 36.4 Å². The summed E-state index contributed by atoms with van der Waals surface area (Å²) in [5, 5.41) is 13.8. The summed E-state index contributed by atoms with van der Waals surface area (Å²) in [6.07, 6.45) is 10.9. The molecule has 0 atom stereocenters. The first kappa shape index (κ1) is 32.3. The molecule has 41 heavy (non-hydrogen) atoms. The zero-order valence-electron chi connectivity index (χ0n) is 23.3. The van der Waals surface area contributed by atoms with Crippen molar-refractivity contribution in [2.45, 2.75) is 77.6 Å². The topological polar surface area (TPSA) is 98.5 Å². The number of halogens is 2. The Morgan fingerprint density at radius 1 is 0.927 bits per heavy atom. The predicted molar refractivity (Wildman–Crippen MR) is 167 cm³/mol. The van der Waals surface area contributed by atoms with Gasteiger partial charge in [0.25, 0.3) is 11.6 Å². The van der Waals surface area contributed by atoms with Crippen LogP contribution in [0.2, 0.25) is 5.02 Å². The number of rotatable bonds is 16. The number of non-ortho nitro benzene ring substituents is 1. The Bertz CT molecular complexity index is 1330. The van der Waals surface area contributed by atoms with Crippen molar-refractivity contribution < 1.29 is 19.2 Å². The first-order valence-corrected chi connectivity index (χ1v) is 15.3. The van der Waals surface area contributed by atoms with Gasteiger partial charge in [-0.25, -0.2) is 0 Å². The second-order valence-corrected chi connectivity index (χ2v) is 11.4. The number of nitro benzene ring substituents is 1. The largest absolute Gasteiger partial charge is 0.425 e. The quantitative estimate of drug-likeness (QED) is 0.0551. The molecule has 0 aliphatic rings. The Morgan fingerprint density at radius 2 is 1.59 bits per heavy atom. The fraction of sp³-hybridized carbons (Fsp3) is 0.375. The number of carbonyl (C=O) groups excluding carboxylic acids is 2. The number of amides is 1. The maximum Gasteiger partial charge on any atom is 0.311 e. The van der Waals surface area contributed by atoms with Gasteiger partial charge in [-0.15, -0.1) is 0 Å². The summed E-state index contributed by atoms with van der Waals surface area (Å²) in [5.41, 5.74) is 1.84. The number of carbonyl (C=O) groups is 2. The first-order chi connectivity index (χ1) is 19.8. The van der Waals surface area contributed by atoms with E-state index in [0.29, 0.717) is 16.5 Å². The number of hydrogen-bond acceptors (Lipinski definition) is 5. The van der Waals surface area contributed by atoms with Gasteiger partial charge < -0.3 is 10.1 Å². The summed E-state index contributed by atoms with van der Waals surface area (Å²) in [5.74, 6) is -0.761. The van der Waals surface area contributed by atoms with Crippen LogP contribution in [0.15, 0.2) is 65.1 Å². The Balaban J connectivity index is 1.75. The molecule has 0 radical (unpaired) electrons. The van der Waals surface area contributed by atoms with Crippen LogP contribution >= 0.6 is 27.5 Å². The fourth-order valence-electron chi connectivity index (χ4n) is 4.54. The van der Waals surface area contributed by atoms with Crippen LogP contribution in [-0.2, 0) is 11.2 Å². The van der Waals surface area contributed by atoms with Crippen molar-refractivity contribution >= 4 is 50.8 Å². The van der Waals surface area contributed by atoms with Gasteiger partial charge in [0.2, 0.25) is 0 Å². The maximum atomic E-state index is 13.5. The number of nitrogens with zero attached hydrogens (tertiary/aromatic N) is 1. The van der Waals surface area contributed by atoms with E-state index in [9.17, 15) is 19.7 Å². The molecule has 1 amide bonds. The van der Waals surface area contributed by atoms with Crippen LogP contribution < -0.4 is 10.1 Å². The average Bonchev–Trinajstić information content (AvgIpc) is 2.94. The summed E-state index contributed by atoms with van der Waals surface area (Å²) >= 11 is 9.69. The fourth-order valence-corrected chi connectivity index (χ4v) is 5.27. The SMILES string of the molecule is CCCCCCCCCCCC(=O)Oc1c(Cc2ccccc2)cc(Br)cc1C(=O)Nc1ccc([N+](=O)[O-])cc1Cl. The van der Waals surface area contributed by atoms with E-state index in [4.69, 9.17) is 16.3 Å². The number of unbranched alkanes of at least 4 members (excludes halogenated alkanes) is 8. The van der Waals surface area contributed by atoms with Gasteiger partial charge in [0.15, 0.2) is 0 Å². The standard InChI is InChI=1S/C32H36BrClN2O5/c1-2-3-4-5-6-7-8-9-13-16-30(37)41-31-24(19-23-14-11-10-12-15-23)20-25(33)21-27(31)32(38)35-29-18-17-26(36(39)40)22-28(29)34/h10-12,14-15,17-18,20-22H,2-9,13,16,19H2,1H3,(H,35,38). The van der Waals surface area contributed by atoms with Gasteiger partial charge in [-0.1, -0.05) is 116 Å². The molecule has 0 saturated carbocycles. The van der Waals surface area contributed by atoms with Crippen LogP contribution in [0, 0.1) is 10.1 Å². The molecule has 218 valence electrons. The second-order valence-electron chi connectivity index (χ2n) is 10.0.